The normalized spacial score (nSPS) is 22.0. The van der Waals surface area contributed by atoms with Crippen molar-refractivity contribution >= 4 is 11.2 Å². The number of nitrogens with zero attached hydrogens (tertiary/aromatic N) is 4. The van der Waals surface area contributed by atoms with Gasteiger partial charge in [-0.15, -0.1) is 0 Å². The highest BCUT2D eigenvalue weighted by Crippen LogP contribution is 2.29. The molecule has 0 amide bonds. The van der Waals surface area contributed by atoms with Gasteiger partial charge in [0.25, 0.3) is 0 Å². The van der Waals surface area contributed by atoms with Crippen molar-refractivity contribution in [1.29, 1.82) is 0 Å². The average Bonchev–Trinajstić information content (AvgIpc) is 2.81. The fourth-order valence-electron chi connectivity index (χ4n) is 2.62. The van der Waals surface area contributed by atoms with Crippen LogP contribution in [-0.4, -0.2) is 33.0 Å². The molecule has 4 nitrogen and oxygen atoms in total. The van der Waals surface area contributed by atoms with Crippen LogP contribution in [0.4, 0.5) is 0 Å². The number of hydrogen-bond donors (Lipinski definition) is 0. The first-order valence-corrected chi connectivity index (χ1v) is 5.77. The van der Waals surface area contributed by atoms with Gasteiger partial charge in [0.2, 0.25) is 0 Å². The van der Waals surface area contributed by atoms with Gasteiger partial charge in [0.1, 0.15) is 11.3 Å². The third-order valence-corrected chi connectivity index (χ3v) is 3.41. The molecule has 0 radical (unpaired) electrons. The summed E-state index contributed by atoms with van der Waals surface area (Å²) in [7, 11) is 2.17. The van der Waals surface area contributed by atoms with E-state index in [9.17, 15) is 0 Å². The van der Waals surface area contributed by atoms with Crippen LogP contribution >= 0.6 is 0 Å². The van der Waals surface area contributed by atoms with Crippen molar-refractivity contribution in [2.24, 2.45) is 0 Å². The van der Waals surface area contributed by atoms with Gasteiger partial charge in [0, 0.05) is 6.20 Å². The van der Waals surface area contributed by atoms with E-state index in [0.717, 1.165) is 23.5 Å². The molecule has 1 atom stereocenters. The summed E-state index contributed by atoms with van der Waals surface area (Å²) >= 11 is 0. The largest absolute Gasteiger partial charge is 0.296 e. The molecule has 16 heavy (non-hydrogen) atoms. The summed E-state index contributed by atoms with van der Waals surface area (Å²) in [6.07, 6.45) is 4.72. The molecule has 0 aliphatic carbocycles. The Balaban J connectivity index is 2.18. The van der Waals surface area contributed by atoms with E-state index in [2.05, 4.69) is 33.4 Å². The fraction of sp³-hybridized carbons (Fsp3) is 0.500. The van der Waals surface area contributed by atoms with Gasteiger partial charge in [-0.25, -0.2) is 9.97 Å². The van der Waals surface area contributed by atoms with Gasteiger partial charge in [-0.1, -0.05) is 0 Å². The Labute approximate surface area is 94.9 Å². The van der Waals surface area contributed by atoms with Crippen LogP contribution in [0.15, 0.2) is 18.3 Å². The van der Waals surface area contributed by atoms with Crippen molar-refractivity contribution in [1.82, 2.24) is 19.4 Å². The maximum Gasteiger partial charge on any atom is 0.161 e. The summed E-state index contributed by atoms with van der Waals surface area (Å²) in [6, 6.07) is 3.97. The SMILES string of the molecule is Cc1nc2cccnc2n1C1CCCN1C. The van der Waals surface area contributed by atoms with E-state index in [-0.39, 0.29) is 0 Å². The molecule has 0 bridgehead atoms. The Morgan fingerprint density at radius 3 is 3.06 bits per heavy atom. The van der Waals surface area contributed by atoms with Crippen LogP contribution in [0.1, 0.15) is 24.8 Å². The minimum atomic E-state index is 0.430. The first kappa shape index (κ1) is 9.78. The average molecular weight is 216 g/mol. The van der Waals surface area contributed by atoms with E-state index < -0.39 is 0 Å². The third-order valence-electron chi connectivity index (χ3n) is 3.41. The zero-order chi connectivity index (χ0) is 11.1. The smallest absolute Gasteiger partial charge is 0.161 e. The van der Waals surface area contributed by atoms with Crippen LogP contribution in [0.2, 0.25) is 0 Å². The number of fused-ring (bicyclic) bond motifs is 1. The van der Waals surface area contributed by atoms with Crippen molar-refractivity contribution in [2.75, 3.05) is 13.6 Å². The van der Waals surface area contributed by atoms with E-state index in [1.807, 2.05) is 18.3 Å². The van der Waals surface area contributed by atoms with Crippen molar-refractivity contribution in [3.8, 4) is 0 Å². The molecule has 1 aliphatic heterocycles. The van der Waals surface area contributed by atoms with Crippen LogP contribution in [0.5, 0.6) is 0 Å². The summed E-state index contributed by atoms with van der Waals surface area (Å²) < 4.78 is 2.27. The Bertz CT molecular complexity index is 517. The number of rotatable bonds is 1. The second-order valence-corrected chi connectivity index (χ2v) is 4.48. The molecule has 0 aromatic carbocycles. The van der Waals surface area contributed by atoms with Crippen molar-refractivity contribution in [3.05, 3.63) is 24.2 Å². The molecular formula is C12H16N4. The molecule has 84 valence electrons. The van der Waals surface area contributed by atoms with E-state index in [4.69, 9.17) is 0 Å². The summed E-state index contributed by atoms with van der Waals surface area (Å²) in [5.74, 6) is 1.06. The van der Waals surface area contributed by atoms with Crippen LogP contribution in [0.25, 0.3) is 11.2 Å². The van der Waals surface area contributed by atoms with E-state index >= 15 is 0 Å². The van der Waals surface area contributed by atoms with Gasteiger partial charge in [0.05, 0.1) is 6.17 Å². The van der Waals surface area contributed by atoms with Gasteiger partial charge in [-0.3, -0.25) is 9.47 Å². The second kappa shape index (κ2) is 3.56. The molecule has 1 fully saturated rings. The lowest BCUT2D eigenvalue weighted by Crippen LogP contribution is -2.24. The topological polar surface area (TPSA) is 34.0 Å². The van der Waals surface area contributed by atoms with E-state index in [0.29, 0.717) is 6.17 Å². The lowest BCUT2D eigenvalue weighted by Gasteiger charge is -2.22. The summed E-state index contributed by atoms with van der Waals surface area (Å²) in [6.45, 7) is 3.23. The summed E-state index contributed by atoms with van der Waals surface area (Å²) in [5, 5.41) is 0. The lowest BCUT2D eigenvalue weighted by molar-refractivity contribution is 0.239. The highest BCUT2D eigenvalue weighted by Gasteiger charge is 2.25. The van der Waals surface area contributed by atoms with Crippen LogP contribution in [-0.2, 0) is 0 Å². The van der Waals surface area contributed by atoms with Gasteiger partial charge in [-0.05, 0) is 45.5 Å². The zero-order valence-electron chi connectivity index (χ0n) is 9.72. The van der Waals surface area contributed by atoms with Crippen molar-refractivity contribution < 1.29 is 0 Å². The number of hydrogen-bond acceptors (Lipinski definition) is 3. The predicted octanol–water partition coefficient (Wildman–Crippen LogP) is 1.96. The Hall–Kier alpha value is -1.42. The molecular weight excluding hydrogens is 200 g/mol. The molecule has 0 N–H and O–H groups in total. The number of pyridine rings is 1. The number of aryl methyl sites for hydroxylation is 1. The second-order valence-electron chi connectivity index (χ2n) is 4.48. The molecule has 1 aliphatic rings. The molecule has 2 aromatic rings. The first-order valence-electron chi connectivity index (χ1n) is 5.77. The maximum absolute atomic E-state index is 4.57. The van der Waals surface area contributed by atoms with E-state index in [1.165, 1.54) is 12.8 Å². The minimum Gasteiger partial charge on any atom is -0.296 e. The van der Waals surface area contributed by atoms with Crippen molar-refractivity contribution in [2.45, 2.75) is 25.9 Å². The molecule has 1 unspecified atom stereocenters. The summed E-state index contributed by atoms with van der Waals surface area (Å²) in [5.41, 5.74) is 2.01. The maximum atomic E-state index is 4.57. The summed E-state index contributed by atoms with van der Waals surface area (Å²) in [4.78, 5) is 11.4. The molecule has 0 spiro atoms. The van der Waals surface area contributed by atoms with Crippen LogP contribution < -0.4 is 0 Å². The molecule has 1 saturated heterocycles. The monoisotopic (exact) mass is 216 g/mol. The minimum absolute atomic E-state index is 0.430. The Kier molecular flexibility index (Phi) is 2.17. The first-order chi connectivity index (χ1) is 7.77. The Morgan fingerprint density at radius 1 is 1.44 bits per heavy atom. The fourth-order valence-corrected chi connectivity index (χ4v) is 2.62. The van der Waals surface area contributed by atoms with Gasteiger partial charge in [0.15, 0.2) is 5.65 Å². The number of imidazole rings is 1. The van der Waals surface area contributed by atoms with Gasteiger partial charge < -0.3 is 0 Å². The number of likely N-dealkylation sites (tertiary alicyclic amines) is 1. The van der Waals surface area contributed by atoms with E-state index in [1.54, 1.807) is 0 Å². The Morgan fingerprint density at radius 2 is 2.31 bits per heavy atom. The van der Waals surface area contributed by atoms with Crippen LogP contribution in [0.3, 0.4) is 0 Å². The highest BCUT2D eigenvalue weighted by atomic mass is 15.3. The number of aromatic nitrogens is 3. The standard InChI is InChI=1S/C12H16N4/c1-9-14-10-5-3-7-13-12(10)16(9)11-6-4-8-15(11)2/h3,5,7,11H,4,6,8H2,1-2H3. The zero-order valence-corrected chi connectivity index (χ0v) is 9.72. The predicted molar refractivity (Wildman–Crippen MR) is 63.2 cm³/mol. The van der Waals surface area contributed by atoms with Gasteiger partial charge in [-0.2, -0.15) is 0 Å². The molecule has 2 aromatic heterocycles. The van der Waals surface area contributed by atoms with Crippen LogP contribution in [0, 0.1) is 6.92 Å². The molecule has 3 heterocycles. The quantitative estimate of drug-likeness (QED) is 0.730. The van der Waals surface area contributed by atoms with Crippen molar-refractivity contribution in [3.63, 3.8) is 0 Å². The third kappa shape index (κ3) is 1.33. The molecule has 0 saturated carbocycles. The molecule has 4 heteroatoms. The van der Waals surface area contributed by atoms with Gasteiger partial charge >= 0.3 is 0 Å². The lowest BCUT2D eigenvalue weighted by atomic mass is 10.3. The highest BCUT2D eigenvalue weighted by molar-refractivity contribution is 5.71. The molecule has 3 rings (SSSR count).